The van der Waals surface area contributed by atoms with Crippen molar-refractivity contribution in [3.8, 4) is 0 Å². The number of aliphatic hydroxyl groups excluding tert-OH is 1. The molecule has 1 aliphatic rings. The van der Waals surface area contributed by atoms with Gasteiger partial charge in [0.25, 0.3) is 5.91 Å². The lowest BCUT2D eigenvalue weighted by Crippen LogP contribution is -2.36. The summed E-state index contributed by atoms with van der Waals surface area (Å²) in [5, 5.41) is 12.2. The average molecular weight is 450 g/mol. The van der Waals surface area contributed by atoms with Gasteiger partial charge >= 0.3 is 12.1 Å². The zero-order chi connectivity index (χ0) is 23.6. The smallest absolute Gasteiger partial charge is 0.417 e. The predicted octanol–water partition coefficient (Wildman–Crippen LogP) is 4.32. The van der Waals surface area contributed by atoms with Gasteiger partial charge in [-0.2, -0.15) is 13.2 Å². The van der Waals surface area contributed by atoms with Crippen molar-refractivity contribution in [3.05, 3.63) is 58.1 Å². The molecule has 0 unspecified atom stereocenters. The molecule has 1 amide bonds. The Morgan fingerprint density at radius 3 is 2.34 bits per heavy atom. The summed E-state index contributed by atoms with van der Waals surface area (Å²) in [4.78, 5) is 26.9. The van der Waals surface area contributed by atoms with Crippen molar-refractivity contribution in [2.24, 2.45) is 0 Å². The number of ether oxygens (including phenoxy) is 1. The van der Waals surface area contributed by atoms with E-state index < -0.39 is 35.3 Å². The van der Waals surface area contributed by atoms with E-state index in [4.69, 9.17) is 4.74 Å². The number of halogens is 3. The van der Waals surface area contributed by atoms with Gasteiger partial charge in [0.2, 0.25) is 0 Å². The van der Waals surface area contributed by atoms with E-state index in [1.165, 1.54) is 19.2 Å². The lowest BCUT2D eigenvalue weighted by atomic mass is 10.00. The van der Waals surface area contributed by atoms with Gasteiger partial charge in [0.1, 0.15) is 0 Å². The molecule has 2 N–H and O–H groups in total. The van der Waals surface area contributed by atoms with Gasteiger partial charge in [-0.3, -0.25) is 4.79 Å². The molecule has 1 heterocycles. The highest BCUT2D eigenvalue weighted by Gasteiger charge is 2.36. The Bertz CT molecular complexity index is 1030. The summed E-state index contributed by atoms with van der Waals surface area (Å²) in [6.45, 7) is 4.23. The van der Waals surface area contributed by atoms with Gasteiger partial charge < -0.3 is 20.1 Å². The van der Waals surface area contributed by atoms with Gasteiger partial charge in [0.05, 0.1) is 29.9 Å². The summed E-state index contributed by atoms with van der Waals surface area (Å²) in [6.07, 6.45) is -4.15. The molecule has 1 aliphatic heterocycles. The molecule has 0 radical (unpaired) electrons. The van der Waals surface area contributed by atoms with Crippen LogP contribution in [0, 0.1) is 13.8 Å². The fourth-order valence-corrected chi connectivity index (χ4v) is 3.84. The number of hydrogen-bond donors (Lipinski definition) is 2. The number of carbonyl (C=O) groups is 2. The average Bonchev–Trinajstić information content (AvgIpc) is 2.75. The highest BCUT2D eigenvalue weighted by molar-refractivity contribution is 6.07. The minimum atomic E-state index is -4.72. The second-order valence-corrected chi connectivity index (χ2v) is 7.82. The molecule has 0 bridgehead atoms. The number of anilines is 2. The maximum atomic E-state index is 13.7. The van der Waals surface area contributed by atoms with E-state index in [9.17, 15) is 27.9 Å². The monoisotopic (exact) mass is 450 g/mol. The summed E-state index contributed by atoms with van der Waals surface area (Å²) in [5.41, 5.74) is 0.395. The van der Waals surface area contributed by atoms with E-state index in [1.807, 2.05) is 4.90 Å². The number of alkyl halides is 3. The van der Waals surface area contributed by atoms with Gasteiger partial charge in [0, 0.05) is 24.5 Å². The zero-order valence-electron chi connectivity index (χ0n) is 18.0. The number of piperidine rings is 1. The second-order valence-electron chi connectivity index (χ2n) is 7.82. The van der Waals surface area contributed by atoms with E-state index in [2.05, 4.69) is 5.32 Å². The first-order chi connectivity index (χ1) is 15.0. The van der Waals surface area contributed by atoms with Crippen molar-refractivity contribution in [1.29, 1.82) is 0 Å². The Morgan fingerprint density at radius 2 is 1.75 bits per heavy atom. The number of nitrogens with zero attached hydrogens (tertiary/aromatic N) is 1. The van der Waals surface area contributed by atoms with Crippen LogP contribution in [0.15, 0.2) is 30.3 Å². The fraction of sp³-hybridized carbons (Fsp3) is 0.391. The number of esters is 1. The number of carbonyl (C=O) groups excluding carboxylic acids is 2. The van der Waals surface area contributed by atoms with Gasteiger partial charge in [0.15, 0.2) is 0 Å². The van der Waals surface area contributed by atoms with Gasteiger partial charge in [-0.05, 0) is 62.1 Å². The lowest BCUT2D eigenvalue weighted by Gasteiger charge is -2.32. The van der Waals surface area contributed by atoms with Crippen LogP contribution in [0.4, 0.5) is 24.5 Å². The number of hydrogen-bond acceptors (Lipinski definition) is 5. The summed E-state index contributed by atoms with van der Waals surface area (Å²) in [5.74, 6) is -1.53. The quantitative estimate of drug-likeness (QED) is 0.679. The van der Waals surface area contributed by atoms with Crippen LogP contribution < -0.4 is 10.2 Å². The van der Waals surface area contributed by atoms with E-state index in [-0.39, 0.29) is 11.3 Å². The minimum absolute atomic E-state index is 0.213. The highest BCUT2D eigenvalue weighted by Crippen LogP contribution is 2.35. The Morgan fingerprint density at radius 1 is 1.09 bits per heavy atom. The number of nitrogens with one attached hydrogen (secondary N) is 1. The van der Waals surface area contributed by atoms with Gasteiger partial charge in [-0.25, -0.2) is 4.79 Å². The number of aliphatic hydroxyl groups is 1. The minimum Gasteiger partial charge on any atom is -0.465 e. The molecule has 32 heavy (non-hydrogen) atoms. The van der Waals surface area contributed by atoms with Gasteiger partial charge in [-0.1, -0.05) is 6.07 Å². The third-order valence-corrected chi connectivity index (χ3v) is 5.70. The van der Waals surface area contributed by atoms with Crippen LogP contribution in [-0.4, -0.2) is 43.3 Å². The summed E-state index contributed by atoms with van der Waals surface area (Å²) in [7, 11) is 1.22. The van der Waals surface area contributed by atoms with Crippen molar-refractivity contribution in [2.75, 3.05) is 30.4 Å². The zero-order valence-corrected chi connectivity index (χ0v) is 18.0. The van der Waals surface area contributed by atoms with Crippen molar-refractivity contribution in [3.63, 3.8) is 0 Å². The number of benzene rings is 2. The Labute approximate surface area is 184 Å². The largest absolute Gasteiger partial charge is 0.465 e. The summed E-state index contributed by atoms with van der Waals surface area (Å²) < 4.78 is 45.7. The SMILES string of the molecule is COC(=O)c1ccc(C)c(NC(=O)c2cc(N3CCC(O)CC3)ccc2C(F)(F)F)c1C. The van der Waals surface area contributed by atoms with Crippen LogP contribution in [0.2, 0.25) is 0 Å². The van der Waals surface area contributed by atoms with Crippen molar-refractivity contribution < 1.29 is 32.6 Å². The molecule has 0 atom stereocenters. The molecule has 1 saturated heterocycles. The highest BCUT2D eigenvalue weighted by atomic mass is 19.4. The van der Waals surface area contributed by atoms with Crippen molar-refractivity contribution in [1.82, 2.24) is 0 Å². The predicted molar refractivity (Wildman–Crippen MR) is 114 cm³/mol. The van der Waals surface area contributed by atoms with Crippen LogP contribution in [0.1, 0.15) is 50.2 Å². The third kappa shape index (κ3) is 4.88. The standard InChI is InChI=1S/C23H25F3N2O4/c1-13-4-6-17(22(31)32-3)14(2)20(13)27-21(30)18-12-15(5-7-19(18)23(24,25)26)28-10-8-16(29)9-11-28/h4-7,12,16,29H,8-11H2,1-3H3,(H,27,30). The first-order valence-electron chi connectivity index (χ1n) is 10.2. The number of methoxy groups -OCH3 is 1. The van der Waals surface area contributed by atoms with Gasteiger partial charge in [-0.15, -0.1) is 0 Å². The Balaban J connectivity index is 2.00. The Kier molecular flexibility index (Phi) is 6.78. The molecular formula is C23H25F3N2O4. The fourth-order valence-electron chi connectivity index (χ4n) is 3.84. The molecule has 1 fully saturated rings. The molecule has 2 aromatic rings. The summed E-state index contributed by atoms with van der Waals surface area (Å²) in [6, 6.07) is 6.60. The van der Waals surface area contributed by atoms with Crippen LogP contribution >= 0.6 is 0 Å². The molecule has 2 aromatic carbocycles. The second kappa shape index (κ2) is 9.20. The maximum absolute atomic E-state index is 13.7. The third-order valence-electron chi connectivity index (χ3n) is 5.70. The first kappa shape index (κ1) is 23.6. The van der Waals surface area contributed by atoms with Crippen LogP contribution in [-0.2, 0) is 10.9 Å². The molecule has 172 valence electrons. The molecule has 9 heteroatoms. The van der Waals surface area contributed by atoms with Crippen molar-refractivity contribution in [2.45, 2.75) is 39.0 Å². The maximum Gasteiger partial charge on any atom is 0.417 e. The molecule has 0 aromatic heterocycles. The molecule has 6 nitrogen and oxygen atoms in total. The molecular weight excluding hydrogens is 425 g/mol. The molecule has 0 aliphatic carbocycles. The van der Waals surface area contributed by atoms with E-state index in [1.54, 1.807) is 26.0 Å². The normalized spacial score (nSPS) is 14.9. The number of rotatable bonds is 4. The molecule has 3 rings (SSSR count). The van der Waals surface area contributed by atoms with Crippen molar-refractivity contribution >= 4 is 23.3 Å². The number of amides is 1. The van der Waals surface area contributed by atoms with E-state index in [0.717, 1.165) is 6.07 Å². The Hall–Kier alpha value is -3.07. The topological polar surface area (TPSA) is 78.9 Å². The number of aryl methyl sites for hydroxylation is 1. The molecule has 0 saturated carbocycles. The van der Waals surface area contributed by atoms with E-state index >= 15 is 0 Å². The first-order valence-corrected chi connectivity index (χ1v) is 10.2. The summed E-state index contributed by atoms with van der Waals surface area (Å²) >= 11 is 0. The van der Waals surface area contributed by atoms with Crippen LogP contribution in [0.5, 0.6) is 0 Å². The molecule has 0 spiro atoms. The van der Waals surface area contributed by atoms with Crippen LogP contribution in [0.3, 0.4) is 0 Å². The van der Waals surface area contributed by atoms with E-state index in [0.29, 0.717) is 42.7 Å². The van der Waals surface area contributed by atoms with Crippen LogP contribution in [0.25, 0.3) is 0 Å². The lowest BCUT2D eigenvalue weighted by molar-refractivity contribution is -0.137.